The molecule has 1 N–H and O–H groups in total. The molecule has 0 spiro atoms. The van der Waals surface area contributed by atoms with E-state index in [0.29, 0.717) is 32.4 Å². The summed E-state index contributed by atoms with van der Waals surface area (Å²) in [5.74, 6) is -1.31. The van der Waals surface area contributed by atoms with Crippen LogP contribution in [0, 0.1) is 11.8 Å². The van der Waals surface area contributed by atoms with Crippen molar-refractivity contribution in [2.24, 2.45) is 11.8 Å². The van der Waals surface area contributed by atoms with E-state index in [9.17, 15) is 9.59 Å². The van der Waals surface area contributed by atoms with Gasteiger partial charge in [0, 0.05) is 12.5 Å². The average molecular weight is 227 g/mol. The largest absolute Gasteiger partial charge is 0.481 e. The molecule has 0 radical (unpaired) electrons. The lowest BCUT2D eigenvalue weighted by molar-refractivity contribution is -0.201. The number of amides is 1. The van der Waals surface area contributed by atoms with E-state index in [4.69, 9.17) is 9.94 Å². The Bertz CT molecular complexity index is 286. The van der Waals surface area contributed by atoms with E-state index in [0.717, 1.165) is 12.8 Å². The molecule has 2 rings (SSSR count). The lowest BCUT2D eigenvalue weighted by Gasteiger charge is -2.28. The van der Waals surface area contributed by atoms with Crippen molar-refractivity contribution in [1.82, 2.24) is 5.06 Å². The summed E-state index contributed by atoms with van der Waals surface area (Å²) in [6.45, 7) is 1.24. The number of carboxylic acid groups (broad SMARTS) is 1. The number of hydrogen-bond donors (Lipinski definition) is 1. The zero-order valence-electron chi connectivity index (χ0n) is 9.22. The Hall–Kier alpha value is -1.10. The summed E-state index contributed by atoms with van der Waals surface area (Å²) >= 11 is 0. The van der Waals surface area contributed by atoms with Crippen molar-refractivity contribution >= 4 is 11.9 Å². The Morgan fingerprint density at radius 1 is 1.19 bits per heavy atom. The zero-order valence-corrected chi connectivity index (χ0v) is 9.22. The van der Waals surface area contributed by atoms with Crippen molar-refractivity contribution in [3.63, 3.8) is 0 Å². The molecule has 1 heterocycles. The summed E-state index contributed by atoms with van der Waals surface area (Å²) in [5.41, 5.74) is 0. The molecule has 1 amide bonds. The minimum Gasteiger partial charge on any atom is -0.481 e. The lowest BCUT2D eigenvalue weighted by atomic mass is 10.0. The normalized spacial score (nSPS) is 30.4. The van der Waals surface area contributed by atoms with E-state index < -0.39 is 5.97 Å². The van der Waals surface area contributed by atoms with E-state index in [1.54, 1.807) is 0 Å². The van der Waals surface area contributed by atoms with Crippen LogP contribution in [0.4, 0.5) is 0 Å². The van der Waals surface area contributed by atoms with Crippen LogP contribution in [-0.2, 0) is 14.4 Å². The third-order valence-electron chi connectivity index (χ3n) is 3.38. The minimum atomic E-state index is -0.783. The van der Waals surface area contributed by atoms with Crippen LogP contribution in [-0.4, -0.2) is 35.2 Å². The Morgan fingerprint density at radius 2 is 1.94 bits per heavy atom. The van der Waals surface area contributed by atoms with Gasteiger partial charge < -0.3 is 5.11 Å². The highest BCUT2D eigenvalue weighted by Gasteiger charge is 2.36. The van der Waals surface area contributed by atoms with Gasteiger partial charge in [-0.25, -0.2) is 5.06 Å². The molecule has 5 nitrogen and oxygen atoms in total. The SMILES string of the molecule is O=C(O)[C@H]1CC[C@@H](C(=O)N2CCCCO2)C1. The molecular weight excluding hydrogens is 210 g/mol. The summed E-state index contributed by atoms with van der Waals surface area (Å²) < 4.78 is 0. The molecule has 1 saturated carbocycles. The third-order valence-corrected chi connectivity index (χ3v) is 3.38. The number of carboxylic acids is 1. The van der Waals surface area contributed by atoms with Crippen molar-refractivity contribution < 1.29 is 19.5 Å². The summed E-state index contributed by atoms with van der Waals surface area (Å²) in [6, 6.07) is 0. The van der Waals surface area contributed by atoms with E-state index in [-0.39, 0.29) is 17.7 Å². The molecule has 1 aliphatic heterocycles. The van der Waals surface area contributed by atoms with Crippen molar-refractivity contribution in [2.45, 2.75) is 32.1 Å². The molecule has 16 heavy (non-hydrogen) atoms. The van der Waals surface area contributed by atoms with Gasteiger partial charge in [-0.05, 0) is 32.1 Å². The number of hydroxylamine groups is 2. The highest BCUT2D eigenvalue weighted by atomic mass is 16.7. The molecule has 2 aliphatic rings. The van der Waals surface area contributed by atoms with Gasteiger partial charge in [-0.2, -0.15) is 0 Å². The Balaban J connectivity index is 1.88. The van der Waals surface area contributed by atoms with Crippen LogP contribution in [0.3, 0.4) is 0 Å². The molecule has 5 heteroatoms. The summed E-state index contributed by atoms with van der Waals surface area (Å²) in [5, 5.41) is 10.3. The summed E-state index contributed by atoms with van der Waals surface area (Å²) in [4.78, 5) is 28.1. The maximum absolute atomic E-state index is 12.0. The fraction of sp³-hybridized carbons (Fsp3) is 0.818. The van der Waals surface area contributed by atoms with Gasteiger partial charge in [-0.15, -0.1) is 0 Å². The maximum Gasteiger partial charge on any atom is 0.306 e. The van der Waals surface area contributed by atoms with Crippen molar-refractivity contribution in [2.75, 3.05) is 13.2 Å². The van der Waals surface area contributed by atoms with E-state index in [2.05, 4.69) is 0 Å². The van der Waals surface area contributed by atoms with Crippen molar-refractivity contribution in [3.05, 3.63) is 0 Å². The Labute approximate surface area is 94.3 Å². The predicted molar refractivity (Wildman–Crippen MR) is 55.4 cm³/mol. The molecule has 1 saturated heterocycles. The smallest absolute Gasteiger partial charge is 0.306 e. The Kier molecular flexibility index (Phi) is 3.43. The molecule has 1 aliphatic carbocycles. The first-order chi connectivity index (χ1) is 7.68. The van der Waals surface area contributed by atoms with Crippen LogP contribution in [0.25, 0.3) is 0 Å². The van der Waals surface area contributed by atoms with Gasteiger partial charge in [-0.1, -0.05) is 0 Å². The van der Waals surface area contributed by atoms with E-state index >= 15 is 0 Å². The second kappa shape index (κ2) is 4.82. The molecule has 2 atom stereocenters. The first kappa shape index (κ1) is 11.4. The predicted octanol–water partition coefficient (Wildman–Crippen LogP) is 1.04. The van der Waals surface area contributed by atoms with E-state index in [1.807, 2.05) is 0 Å². The topological polar surface area (TPSA) is 66.8 Å². The number of nitrogens with zero attached hydrogens (tertiary/aromatic N) is 1. The zero-order chi connectivity index (χ0) is 11.5. The number of aliphatic carboxylic acids is 1. The second-order valence-corrected chi connectivity index (χ2v) is 4.53. The second-order valence-electron chi connectivity index (χ2n) is 4.53. The number of carbonyl (C=O) groups is 2. The molecule has 0 aromatic carbocycles. The maximum atomic E-state index is 12.0. The van der Waals surface area contributed by atoms with Crippen molar-refractivity contribution in [3.8, 4) is 0 Å². The van der Waals surface area contributed by atoms with Gasteiger partial charge >= 0.3 is 5.97 Å². The standard InChI is InChI=1S/C11H17NO4/c13-10(12-5-1-2-6-16-12)8-3-4-9(7-8)11(14)15/h8-9H,1-7H2,(H,14,15)/t8-,9+/m1/s1. The van der Waals surface area contributed by atoms with Gasteiger partial charge in [-0.3, -0.25) is 14.4 Å². The van der Waals surface area contributed by atoms with Gasteiger partial charge in [0.25, 0.3) is 0 Å². The molecule has 0 unspecified atom stereocenters. The van der Waals surface area contributed by atoms with Gasteiger partial charge in [0.15, 0.2) is 0 Å². The monoisotopic (exact) mass is 227 g/mol. The lowest BCUT2D eigenvalue weighted by Crippen LogP contribution is -2.39. The number of rotatable bonds is 2. The van der Waals surface area contributed by atoms with Crippen LogP contribution in [0.1, 0.15) is 32.1 Å². The van der Waals surface area contributed by atoms with Crippen LogP contribution >= 0.6 is 0 Å². The van der Waals surface area contributed by atoms with E-state index in [1.165, 1.54) is 5.06 Å². The Morgan fingerprint density at radius 3 is 2.50 bits per heavy atom. The average Bonchev–Trinajstić information content (AvgIpc) is 2.78. The number of carbonyl (C=O) groups excluding carboxylic acids is 1. The molecule has 90 valence electrons. The quantitative estimate of drug-likeness (QED) is 0.765. The van der Waals surface area contributed by atoms with Gasteiger partial charge in [0.1, 0.15) is 0 Å². The summed E-state index contributed by atoms with van der Waals surface area (Å²) in [7, 11) is 0. The van der Waals surface area contributed by atoms with Crippen LogP contribution in [0.2, 0.25) is 0 Å². The summed E-state index contributed by atoms with van der Waals surface area (Å²) in [6.07, 6.45) is 3.72. The fourth-order valence-corrected chi connectivity index (χ4v) is 2.40. The molecular formula is C11H17NO4. The molecule has 0 aromatic heterocycles. The van der Waals surface area contributed by atoms with Gasteiger partial charge in [0.05, 0.1) is 12.5 Å². The van der Waals surface area contributed by atoms with Crippen LogP contribution in [0.5, 0.6) is 0 Å². The molecule has 0 bridgehead atoms. The highest BCUT2D eigenvalue weighted by molar-refractivity contribution is 5.80. The van der Waals surface area contributed by atoms with Crippen LogP contribution < -0.4 is 0 Å². The number of hydrogen-bond acceptors (Lipinski definition) is 3. The van der Waals surface area contributed by atoms with Crippen molar-refractivity contribution in [1.29, 1.82) is 0 Å². The molecule has 0 aromatic rings. The van der Waals surface area contributed by atoms with Crippen LogP contribution in [0.15, 0.2) is 0 Å². The van der Waals surface area contributed by atoms with Gasteiger partial charge in [0.2, 0.25) is 5.91 Å². The highest BCUT2D eigenvalue weighted by Crippen LogP contribution is 2.32. The first-order valence-electron chi connectivity index (χ1n) is 5.85. The first-order valence-corrected chi connectivity index (χ1v) is 5.85. The minimum absolute atomic E-state index is 0.0246. The fourth-order valence-electron chi connectivity index (χ4n) is 2.40. The third kappa shape index (κ3) is 2.35. The molecule has 2 fully saturated rings.